The molecule has 0 radical (unpaired) electrons. The van der Waals surface area contributed by atoms with Gasteiger partial charge in [0.1, 0.15) is 5.82 Å². The summed E-state index contributed by atoms with van der Waals surface area (Å²) < 4.78 is 18.9. The lowest BCUT2D eigenvalue weighted by molar-refractivity contribution is -0.137. The van der Waals surface area contributed by atoms with Crippen LogP contribution >= 0.6 is 0 Å². The van der Waals surface area contributed by atoms with Crippen molar-refractivity contribution in [2.24, 2.45) is 0 Å². The molecule has 5 nitrogen and oxygen atoms in total. The number of nitrogens with zero attached hydrogens (tertiary/aromatic N) is 2. The molecule has 1 N–H and O–H groups in total. The molecular weight excluding hydrogens is 371 g/mol. The predicted molar refractivity (Wildman–Crippen MR) is 108 cm³/mol. The van der Waals surface area contributed by atoms with Crippen molar-refractivity contribution in [3.05, 3.63) is 77.5 Å². The van der Waals surface area contributed by atoms with Crippen LogP contribution in [-0.2, 0) is 24.1 Å². The van der Waals surface area contributed by atoms with Crippen LogP contribution < -0.4 is 4.74 Å². The highest BCUT2D eigenvalue weighted by Gasteiger charge is 2.09. The number of ether oxygens (including phenoxy) is 1. The number of pyridine rings is 2. The topological polar surface area (TPSA) is 72.3 Å². The summed E-state index contributed by atoms with van der Waals surface area (Å²) in [5.41, 5.74) is 4.69. The molecule has 0 aliphatic rings. The predicted octanol–water partition coefficient (Wildman–Crippen LogP) is 4.48. The number of carbonyl (C=O) groups is 1. The summed E-state index contributed by atoms with van der Waals surface area (Å²) in [5.74, 6) is -0.524. The third-order valence-electron chi connectivity index (χ3n) is 4.72. The van der Waals surface area contributed by atoms with E-state index in [1.165, 1.54) is 6.07 Å². The molecule has 2 aromatic heterocycles. The fourth-order valence-corrected chi connectivity index (χ4v) is 3.16. The van der Waals surface area contributed by atoms with E-state index in [9.17, 15) is 9.18 Å². The highest BCUT2D eigenvalue weighted by molar-refractivity contribution is 5.67. The Morgan fingerprint density at radius 1 is 1.03 bits per heavy atom. The fraction of sp³-hybridized carbons (Fsp3) is 0.261. The van der Waals surface area contributed by atoms with Crippen LogP contribution in [0.15, 0.2) is 54.9 Å². The molecule has 0 spiro atoms. The van der Waals surface area contributed by atoms with Gasteiger partial charge in [0.15, 0.2) is 0 Å². The van der Waals surface area contributed by atoms with E-state index < -0.39 is 5.97 Å². The molecule has 0 fully saturated rings. The molecule has 29 heavy (non-hydrogen) atoms. The van der Waals surface area contributed by atoms with Crippen molar-refractivity contribution in [2.75, 3.05) is 7.11 Å². The Morgan fingerprint density at radius 3 is 2.55 bits per heavy atom. The van der Waals surface area contributed by atoms with Crippen molar-refractivity contribution in [1.29, 1.82) is 0 Å². The Morgan fingerprint density at radius 2 is 1.90 bits per heavy atom. The summed E-state index contributed by atoms with van der Waals surface area (Å²) in [6.07, 6.45) is 6.29. The van der Waals surface area contributed by atoms with Gasteiger partial charge in [-0.05, 0) is 66.6 Å². The summed E-state index contributed by atoms with van der Waals surface area (Å²) in [6.45, 7) is 0. The normalized spacial score (nSPS) is 10.7. The van der Waals surface area contributed by atoms with Gasteiger partial charge in [0.25, 0.3) is 0 Å². The summed E-state index contributed by atoms with van der Waals surface area (Å²) in [5, 5.41) is 8.71. The Bertz CT molecular complexity index is 957. The van der Waals surface area contributed by atoms with Gasteiger partial charge in [0.2, 0.25) is 5.88 Å². The molecule has 0 saturated heterocycles. The monoisotopic (exact) mass is 394 g/mol. The number of aliphatic carboxylic acids is 1. The number of hydrogen-bond donors (Lipinski definition) is 1. The largest absolute Gasteiger partial charge is 0.481 e. The van der Waals surface area contributed by atoms with E-state index in [4.69, 9.17) is 9.84 Å². The van der Waals surface area contributed by atoms with E-state index in [1.807, 2.05) is 24.4 Å². The molecule has 150 valence electrons. The van der Waals surface area contributed by atoms with E-state index in [0.717, 1.165) is 34.4 Å². The fourth-order valence-electron chi connectivity index (χ4n) is 3.16. The number of rotatable bonds is 9. The first-order valence-corrected chi connectivity index (χ1v) is 9.49. The molecule has 0 saturated carbocycles. The number of aromatic nitrogens is 2. The number of aryl methyl sites for hydroxylation is 3. The number of halogens is 1. The van der Waals surface area contributed by atoms with E-state index >= 15 is 0 Å². The molecule has 3 rings (SSSR count). The van der Waals surface area contributed by atoms with Crippen LogP contribution in [0.25, 0.3) is 11.1 Å². The average Bonchev–Trinajstić information content (AvgIpc) is 2.73. The van der Waals surface area contributed by atoms with E-state index in [0.29, 0.717) is 25.1 Å². The van der Waals surface area contributed by atoms with Crippen LogP contribution in [0, 0.1) is 5.82 Å². The first-order valence-electron chi connectivity index (χ1n) is 9.49. The highest BCUT2D eigenvalue weighted by atomic mass is 19.1. The molecular formula is C23H23FN2O3. The summed E-state index contributed by atoms with van der Waals surface area (Å²) >= 11 is 0. The Labute approximate surface area is 169 Å². The molecule has 3 aromatic rings. The van der Waals surface area contributed by atoms with Crippen molar-refractivity contribution < 1.29 is 19.0 Å². The third-order valence-corrected chi connectivity index (χ3v) is 4.72. The quantitative estimate of drug-likeness (QED) is 0.579. The minimum atomic E-state index is -0.792. The zero-order valence-electron chi connectivity index (χ0n) is 16.3. The molecule has 0 unspecified atom stereocenters. The standard InChI is InChI=1S/C23H23FN2O3/c1-29-22-12-8-18(15-26-22)21-11-9-19(24)13-17(21)7-5-16-6-10-20(25-14-16)3-2-4-23(27)28/h6,8-15H,2-5,7H2,1H3,(H,27,28). The molecule has 0 atom stereocenters. The van der Waals surface area contributed by atoms with Gasteiger partial charge in [0.05, 0.1) is 7.11 Å². The zero-order valence-corrected chi connectivity index (χ0v) is 16.3. The van der Waals surface area contributed by atoms with E-state index in [-0.39, 0.29) is 12.2 Å². The van der Waals surface area contributed by atoms with Crippen LogP contribution in [0.5, 0.6) is 5.88 Å². The number of benzene rings is 1. The smallest absolute Gasteiger partial charge is 0.303 e. The van der Waals surface area contributed by atoms with Crippen molar-refractivity contribution in [1.82, 2.24) is 9.97 Å². The summed E-state index contributed by atoms with van der Waals surface area (Å²) in [6, 6.07) is 12.4. The first kappa shape index (κ1) is 20.5. The highest BCUT2D eigenvalue weighted by Crippen LogP contribution is 2.26. The second-order valence-corrected chi connectivity index (χ2v) is 6.80. The first-order chi connectivity index (χ1) is 14.0. The molecule has 0 aliphatic carbocycles. The maximum Gasteiger partial charge on any atom is 0.303 e. The Hall–Kier alpha value is -3.28. The van der Waals surface area contributed by atoms with E-state index in [1.54, 1.807) is 31.5 Å². The summed E-state index contributed by atoms with van der Waals surface area (Å²) in [7, 11) is 1.57. The van der Waals surface area contributed by atoms with Crippen molar-refractivity contribution in [2.45, 2.75) is 32.1 Å². The lowest BCUT2D eigenvalue weighted by Crippen LogP contribution is -1.99. The maximum atomic E-state index is 13.8. The van der Waals surface area contributed by atoms with Crippen molar-refractivity contribution >= 4 is 5.97 Å². The van der Waals surface area contributed by atoms with Gasteiger partial charge in [-0.25, -0.2) is 9.37 Å². The second-order valence-electron chi connectivity index (χ2n) is 6.80. The second kappa shape index (κ2) is 9.78. The maximum absolute atomic E-state index is 13.8. The minimum Gasteiger partial charge on any atom is -0.481 e. The van der Waals surface area contributed by atoms with Gasteiger partial charge in [-0.3, -0.25) is 9.78 Å². The number of carboxylic acid groups (broad SMARTS) is 1. The van der Waals surface area contributed by atoms with Crippen molar-refractivity contribution in [3.8, 4) is 17.0 Å². The molecule has 0 amide bonds. The Balaban J connectivity index is 1.68. The van der Waals surface area contributed by atoms with Gasteiger partial charge in [0, 0.05) is 36.1 Å². The molecule has 0 bridgehead atoms. The number of methoxy groups -OCH3 is 1. The lowest BCUT2D eigenvalue weighted by Gasteiger charge is -2.11. The van der Waals surface area contributed by atoms with Crippen LogP contribution in [-0.4, -0.2) is 28.2 Å². The third kappa shape index (κ3) is 5.85. The van der Waals surface area contributed by atoms with E-state index in [2.05, 4.69) is 9.97 Å². The van der Waals surface area contributed by atoms with Gasteiger partial charge in [-0.2, -0.15) is 0 Å². The Kier molecular flexibility index (Phi) is 6.89. The summed E-state index contributed by atoms with van der Waals surface area (Å²) in [4.78, 5) is 19.2. The zero-order chi connectivity index (χ0) is 20.6. The molecule has 1 aromatic carbocycles. The molecule has 2 heterocycles. The van der Waals surface area contributed by atoms with Gasteiger partial charge in [-0.1, -0.05) is 12.1 Å². The van der Waals surface area contributed by atoms with Crippen LogP contribution in [0.1, 0.15) is 29.7 Å². The number of hydrogen-bond acceptors (Lipinski definition) is 4. The van der Waals surface area contributed by atoms with Gasteiger partial charge >= 0.3 is 5.97 Å². The van der Waals surface area contributed by atoms with Gasteiger partial charge in [-0.15, -0.1) is 0 Å². The molecule has 0 aliphatic heterocycles. The van der Waals surface area contributed by atoms with Crippen LogP contribution in [0.2, 0.25) is 0 Å². The minimum absolute atomic E-state index is 0.145. The molecule has 6 heteroatoms. The van der Waals surface area contributed by atoms with Crippen molar-refractivity contribution in [3.63, 3.8) is 0 Å². The van der Waals surface area contributed by atoms with Gasteiger partial charge < -0.3 is 9.84 Å². The van der Waals surface area contributed by atoms with Crippen LogP contribution in [0.3, 0.4) is 0 Å². The SMILES string of the molecule is COc1ccc(-c2ccc(F)cc2CCc2ccc(CCCC(=O)O)nc2)cn1. The number of carboxylic acids is 1. The average molecular weight is 394 g/mol. The lowest BCUT2D eigenvalue weighted by atomic mass is 9.96. The van der Waals surface area contributed by atoms with Crippen LogP contribution in [0.4, 0.5) is 4.39 Å².